The summed E-state index contributed by atoms with van der Waals surface area (Å²) in [5.41, 5.74) is 3.11. The van der Waals surface area contributed by atoms with Crippen LogP contribution in [0, 0.1) is 17.2 Å². The van der Waals surface area contributed by atoms with Gasteiger partial charge in [-0.15, -0.1) is 0 Å². The van der Waals surface area contributed by atoms with E-state index in [1.165, 1.54) is 141 Å². The summed E-state index contributed by atoms with van der Waals surface area (Å²) in [5.74, 6) is 7.24. The van der Waals surface area contributed by atoms with Crippen LogP contribution in [-0.4, -0.2) is 74.7 Å². The summed E-state index contributed by atoms with van der Waals surface area (Å²) >= 11 is 0. The first-order valence-electron chi connectivity index (χ1n) is 26.2. The number of hydrazine groups is 1. The number of carbonyl (C=O) groups excluding carboxylic acids is 2. The Hall–Kier alpha value is -1.84. The van der Waals surface area contributed by atoms with E-state index in [4.69, 9.17) is 20.7 Å². The van der Waals surface area contributed by atoms with Crippen molar-refractivity contribution >= 4 is 23.8 Å². The summed E-state index contributed by atoms with van der Waals surface area (Å²) in [5, 5.41) is 8.31. The first-order chi connectivity index (χ1) is 29.8. The summed E-state index contributed by atoms with van der Waals surface area (Å²) in [7, 11) is 1.80. The van der Waals surface area contributed by atoms with Crippen LogP contribution in [0.2, 0.25) is 0 Å². The van der Waals surface area contributed by atoms with Crippen molar-refractivity contribution in [3.8, 4) is 0 Å². The molecule has 9 nitrogen and oxygen atoms in total. The van der Waals surface area contributed by atoms with E-state index in [9.17, 15) is 9.59 Å². The van der Waals surface area contributed by atoms with E-state index >= 15 is 0 Å². The summed E-state index contributed by atoms with van der Waals surface area (Å²) in [6.45, 7) is 17.9. The molecule has 0 aliphatic heterocycles. The highest BCUT2D eigenvalue weighted by Gasteiger charge is 2.15. The van der Waals surface area contributed by atoms with Gasteiger partial charge in [0.1, 0.15) is 12.4 Å². The van der Waals surface area contributed by atoms with Crippen LogP contribution in [0.5, 0.6) is 0 Å². The molecule has 0 saturated carbocycles. The smallest absolute Gasteiger partial charge is 0.306 e. The molecule has 0 fully saturated rings. The zero-order valence-corrected chi connectivity index (χ0v) is 41.8. The predicted octanol–water partition coefficient (Wildman–Crippen LogP) is 14.1. The van der Waals surface area contributed by atoms with Crippen molar-refractivity contribution in [2.75, 3.05) is 39.9 Å². The number of nitrogens with two attached hydrogens (primary N) is 1. The van der Waals surface area contributed by atoms with Gasteiger partial charge in [0.25, 0.3) is 0 Å². The molecule has 0 rings (SSSR count). The molecule has 0 radical (unpaired) electrons. The third-order valence-corrected chi connectivity index (χ3v) is 12.3. The van der Waals surface area contributed by atoms with E-state index in [2.05, 4.69) is 49.9 Å². The average Bonchev–Trinajstić information content (AvgIpc) is 3.27. The molecular formula is C52H105N5O4. The van der Waals surface area contributed by atoms with Gasteiger partial charge in [0, 0.05) is 39.0 Å². The zero-order valence-electron chi connectivity index (χ0n) is 41.8. The molecular weight excluding hydrogens is 759 g/mol. The number of hydrogen-bond donors (Lipinski definition) is 3. The topological polar surface area (TPSA) is 130 Å². The maximum Gasteiger partial charge on any atom is 0.306 e. The molecule has 1 atom stereocenters. The van der Waals surface area contributed by atoms with E-state index in [0.29, 0.717) is 30.9 Å². The van der Waals surface area contributed by atoms with Gasteiger partial charge in [-0.25, -0.2) is 5.84 Å². The first kappa shape index (κ1) is 61.2. The molecule has 0 amide bonds. The summed E-state index contributed by atoms with van der Waals surface area (Å²) in [4.78, 5) is 30.4. The molecule has 0 spiro atoms. The number of amidine groups is 1. The minimum atomic E-state index is 0.00870. The van der Waals surface area contributed by atoms with E-state index in [1.807, 2.05) is 6.92 Å². The average molecular weight is 864 g/mol. The molecule has 0 saturated heterocycles. The van der Waals surface area contributed by atoms with Crippen LogP contribution in [0.3, 0.4) is 0 Å². The Balaban J connectivity index is 0. The second-order valence-corrected chi connectivity index (χ2v) is 18.0. The van der Waals surface area contributed by atoms with E-state index in [0.717, 1.165) is 96.2 Å². The lowest BCUT2D eigenvalue weighted by Gasteiger charge is -2.22. The third-order valence-electron chi connectivity index (χ3n) is 12.3. The lowest BCUT2D eigenvalue weighted by molar-refractivity contribution is -0.150. The number of carbonyl (C=O) groups is 2. The number of aliphatic imine (C=N–C) groups is 1. The Bertz CT molecular complexity index is 946. The van der Waals surface area contributed by atoms with Gasteiger partial charge >= 0.3 is 5.97 Å². The zero-order chi connectivity index (χ0) is 45.4. The molecule has 0 aliphatic carbocycles. The monoisotopic (exact) mass is 864 g/mol. The van der Waals surface area contributed by atoms with Crippen LogP contribution in [0.15, 0.2) is 4.99 Å². The molecule has 0 aromatic carbocycles. The van der Waals surface area contributed by atoms with Crippen LogP contribution in [0.4, 0.5) is 0 Å². The van der Waals surface area contributed by atoms with Gasteiger partial charge in [0.2, 0.25) is 0 Å². The number of rotatable bonds is 45. The van der Waals surface area contributed by atoms with Crippen molar-refractivity contribution in [1.82, 2.24) is 10.3 Å². The summed E-state index contributed by atoms with van der Waals surface area (Å²) in [6, 6.07) is 0. The molecule has 0 aromatic rings. The number of esters is 1. The molecule has 362 valence electrons. The van der Waals surface area contributed by atoms with Gasteiger partial charge in [-0.1, -0.05) is 170 Å². The largest absolute Gasteiger partial charge is 0.462 e. The second kappa shape index (κ2) is 49.2. The van der Waals surface area contributed by atoms with Crippen molar-refractivity contribution < 1.29 is 19.1 Å². The van der Waals surface area contributed by atoms with Crippen LogP contribution in [0.1, 0.15) is 253 Å². The molecule has 0 aromatic heterocycles. The van der Waals surface area contributed by atoms with Gasteiger partial charge in [0.15, 0.2) is 5.84 Å². The van der Waals surface area contributed by atoms with Gasteiger partial charge in [-0.05, 0) is 96.2 Å². The minimum absolute atomic E-state index is 0.00870. The van der Waals surface area contributed by atoms with Crippen molar-refractivity contribution in [1.29, 1.82) is 5.41 Å². The molecule has 9 heteroatoms. The third kappa shape index (κ3) is 41.9. The normalized spacial score (nSPS) is 12.2. The Labute approximate surface area is 379 Å². The fourth-order valence-electron chi connectivity index (χ4n) is 7.86. The maximum atomic E-state index is 12.7. The summed E-state index contributed by atoms with van der Waals surface area (Å²) in [6.07, 6.45) is 39.5. The predicted molar refractivity (Wildman–Crippen MR) is 265 cm³/mol. The highest BCUT2D eigenvalue weighted by molar-refractivity contribution is 6.40. The second-order valence-electron chi connectivity index (χ2n) is 18.0. The number of hydrogen-bond acceptors (Lipinski definition) is 8. The van der Waals surface area contributed by atoms with Gasteiger partial charge in [-0.2, -0.15) is 0 Å². The molecule has 0 aliphatic rings. The van der Waals surface area contributed by atoms with E-state index in [1.54, 1.807) is 7.11 Å². The Morgan fingerprint density at radius 2 is 1.15 bits per heavy atom. The molecule has 0 bridgehead atoms. The van der Waals surface area contributed by atoms with Crippen molar-refractivity contribution in [3.63, 3.8) is 0 Å². The number of aldehydes is 1. The maximum absolute atomic E-state index is 12.7. The number of nitrogens with one attached hydrogen (secondary N) is 2. The molecule has 0 heterocycles. The highest BCUT2D eigenvalue weighted by atomic mass is 16.5. The van der Waals surface area contributed by atoms with Crippen LogP contribution in [-0.2, 0) is 19.1 Å². The first-order valence-corrected chi connectivity index (χ1v) is 26.2. The van der Waals surface area contributed by atoms with E-state index in [-0.39, 0.29) is 18.0 Å². The fourth-order valence-corrected chi connectivity index (χ4v) is 7.86. The number of nitrogens with zero attached hydrogens (tertiary/aromatic N) is 2. The molecule has 61 heavy (non-hydrogen) atoms. The lowest BCUT2D eigenvalue weighted by Crippen LogP contribution is -2.39. The van der Waals surface area contributed by atoms with Gasteiger partial charge in [0.05, 0.1) is 5.71 Å². The van der Waals surface area contributed by atoms with Crippen molar-refractivity contribution in [2.45, 2.75) is 260 Å². The number of unbranched alkanes of at least 4 members (excludes halogenated alkanes) is 19. The number of ether oxygens (including phenoxy) is 2. The summed E-state index contributed by atoms with van der Waals surface area (Å²) < 4.78 is 11.1. The van der Waals surface area contributed by atoms with Crippen LogP contribution < -0.4 is 11.3 Å². The highest BCUT2D eigenvalue weighted by Crippen LogP contribution is 2.20. The van der Waals surface area contributed by atoms with Crippen molar-refractivity contribution in [2.24, 2.45) is 22.7 Å². The fraction of sp³-hybridized carbons (Fsp3) is 0.923. The standard InChI is InChI=1S/C40H79N5O3.C12H26O/c1-5-8-10-15-21-28-37(29-22-16-11-9-6-2)48-38(47)30-23-17-14-19-25-33-45(32-24-18-12-13-20-26-35-46)34-27-31-43-40(44-42)39(41)36(4)7-3;1-4-6-8-12(9-7-5-2)10-11-13-3/h35-37,41H,5-34,42H2,1-4H3,(H,43,44);12H,4-11H2,1-3H3. The van der Waals surface area contributed by atoms with Crippen LogP contribution in [0.25, 0.3) is 0 Å². The Kier molecular flexibility index (Phi) is 49.4. The molecule has 4 N–H and O–H groups in total. The Morgan fingerprint density at radius 3 is 1.66 bits per heavy atom. The van der Waals surface area contributed by atoms with Crippen molar-refractivity contribution in [3.05, 3.63) is 0 Å². The van der Waals surface area contributed by atoms with Crippen LogP contribution >= 0.6 is 0 Å². The van der Waals surface area contributed by atoms with Gasteiger partial charge < -0.3 is 30.0 Å². The number of methoxy groups -OCH3 is 1. The minimum Gasteiger partial charge on any atom is -0.462 e. The van der Waals surface area contributed by atoms with Gasteiger partial charge in [-0.3, -0.25) is 9.79 Å². The SMILES string of the molecule is CCCCC(CCCC)CCOC.CCCCCCCC(CCCCCCC)OC(=O)CCCCCCCN(CCCCCCCC=O)CCCN=C(NN)C(=N)C(C)CC. The van der Waals surface area contributed by atoms with E-state index < -0.39 is 0 Å². The Morgan fingerprint density at radius 1 is 0.656 bits per heavy atom. The molecule has 1 unspecified atom stereocenters. The lowest BCUT2D eigenvalue weighted by atomic mass is 9.93. The quantitative estimate of drug-likeness (QED) is 0.0106.